The highest BCUT2D eigenvalue weighted by Crippen LogP contribution is 2.56. The summed E-state index contributed by atoms with van der Waals surface area (Å²) >= 11 is 0. The SMILES string of the molecule is Nc1cccc2c1CN(C13CCC4CC(CC(C4)C1)C3)C2=O. The Morgan fingerprint density at radius 1 is 1.09 bits per heavy atom. The summed E-state index contributed by atoms with van der Waals surface area (Å²) in [6.07, 6.45) is 9.24. The van der Waals surface area contributed by atoms with E-state index in [4.69, 9.17) is 5.73 Å². The third-order valence-electron chi connectivity index (χ3n) is 6.93. The monoisotopic (exact) mass is 296 g/mol. The van der Waals surface area contributed by atoms with Gasteiger partial charge in [0.15, 0.2) is 0 Å². The zero-order valence-electron chi connectivity index (χ0n) is 13.1. The molecule has 1 amide bonds. The molecule has 6 rings (SSSR count). The van der Waals surface area contributed by atoms with Crippen LogP contribution >= 0.6 is 0 Å². The number of anilines is 1. The van der Waals surface area contributed by atoms with Crippen LogP contribution in [0.5, 0.6) is 0 Å². The molecule has 3 nitrogen and oxygen atoms in total. The first-order valence-electron chi connectivity index (χ1n) is 8.84. The first-order chi connectivity index (χ1) is 10.6. The van der Waals surface area contributed by atoms with Crippen molar-refractivity contribution >= 4 is 11.6 Å². The van der Waals surface area contributed by atoms with Crippen molar-refractivity contribution in [3.63, 3.8) is 0 Å². The number of fused-ring (bicyclic) bond motifs is 2. The molecule has 5 aliphatic rings. The van der Waals surface area contributed by atoms with E-state index in [0.717, 1.165) is 41.1 Å². The molecule has 4 bridgehead atoms. The zero-order valence-corrected chi connectivity index (χ0v) is 13.1. The Bertz CT molecular complexity index is 639. The van der Waals surface area contributed by atoms with Crippen LogP contribution in [0.2, 0.25) is 0 Å². The summed E-state index contributed by atoms with van der Waals surface area (Å²) in [5.41, 5.74) is 8.98. The highest BCUT2D eigenvalue weighted by Gasteiger charge is 2.53. The number of benzene rings is 1. The van der Waals surface area contributed by atoms with Crippen molar-refractivity contribution in [1.29, 1.82) is 0 Å². The first kappa shape index (κ1) is 13.0. The molecule has 1 aliphatic heterocycles. The number of hydrogen-bond donors (Lipinski definition) is 1. The normalized spacial score (nSPS) is 39.2. The highest BCUT2D eigenvalue weighted by molar-refractivity contribution is 6.00. The summed E-state index contributed by atoms with van der Waals surface area (Å²) < 4.78 is 0. The Kier molecular flexibility index (Phi) is 2.52. The lowest BCUT2D eigenvalue weighted by Crippen LogP contribution is -2.53. The van der Waals surface area contributed by atoms with Gasteiger partial charge in [0, 0.05) is 28.9 Å². The van der Waals surface area contributed by atoms with E-state index < -0.39 is 0 Å². The molecule has 4 aliphatic carbocycles. The Morgan fingerprint density at radius 2 is 1.82 bits per heavy atom. The minimum absolute atomic E-state index is 0.126. The summed E-state index contributed by atoms with van der Waals surface area (Å²) in [4.78, 5) is 15.3. The second-order valence-corrected chi connectivity index (χ2v) is 8.24. The molecule has 4 saturated carbocycles. The van der Waals surface area contributed by atoms with Crippen molar-refractivity contribution < 1.29 is 4.79 Å². The molecular formula is C19H24N2O. The van der Waals surface area contributed by atoms with E-state index in [-0.39, 0.29) is 11.4 Å². The lowest BCUT2D eigenvalue weighted by Gasteiger charge is -2.49. The van der Waals surface area contributed by atoms with E-state index in [2.05, 4.69) is 4.90 Å². The number of carbonyl (C=O) groups is 1. The van der Waals surface area contributed by atoms with Gasteiger partial charge in [-0.05, 0) is 74.8 Å². The minimum Gasteiger partial charge on any atom is -0.398 e. The number of rotatable bonds is 1. The third-order valence-corrected chi connectivity index (χ3v) is 6.93. The predicted molar refractivity (Wildman–Crippen MR) is 86.2 cm³/mol. The van der Waals surface area contributed by atoms with Crippen molar-refractivity contribution in [2.75, 3.05) is 5.73 Å². The van der Waals surface area contributed by atoms with Crippen molar-refractivity contribution in [1.82, 2.24) is 4.90 Å². The molecule has 116 valence electrons. The van der Waals surface area contributed by atoms with E-state index in [1.54, 1.807) is 0 Å². The van der Waals surface area contributed by atoms with Gasteiger partial charge in [-0.2, -0.15) is 0 Å². The Morgan fingerprint density at radius 3 is 2.55 bits per heavy atom. The molecule has 3 heteroatoms. The lowest BCUT2D eigenvalue weighted by molar-refractivity contribution is 0.00487. The van der Waals surface area contributed by atoms with Crippen LogP contribution < -0.4 is 5.73 Å². The van der Waals surface area contributed by atoms with Crippen LogP contribution in [0.4, 0.5) is 5.69 Å². The lowest BCUT2D eigenvalue weighted by atomic mass is 9.64. The molecule has 1 heterocycles. The molecule has 22 heavy (non-hydrogen) atoms. The summed E-state index contributed by atoms with van der Waals surface area (Å²) in [7, 11) is 0. The summed E-state index contributed by atoms with van der Waals surface area (Å²) in [5, 5.41) is 0. The smallest absolute Gasteiger partial charge is 0.255 e. The van der Waals surface area contributed by atoms with Crippen molar-refractivity contribution in [3.8, 4) is 0 Å². The molecule has 0 spiro atoms. The van der Waals surface area contributed by atoms with Crippen LogP contribution in [0, 0.1) is 17.8 Å². The van der Waals surface area contributed by atoms with Gasteiger partial charge in [0.2, 0.25) is 0 Å². The molecule has 2 atom stereocenters. The Labute approximate surface area is 131 Å². The van der Waals surface area contributed by atoms with Crippen LogP contribution in [0.3, 0.4) is 0 Å². The molecule has 2 N–H and O–H groups in total. The molecule has 0 saturated heterocycles. The maximum atomic E-state index is 13.0. The second kappa shape index (κ2) is 4.27. The van der Waals surface area contributed by atoms with Gasteiger partial charge < -0.3 is 10.6 Å². The molecule has 0 aromatic heterocycles. The fraction of sp³-hybridized carbons (Fsp3) is 0.632. The van der Waals surface area contributed by atoms with Gasteiger partial charge >= 0.3 is 0 Å². The van der Waals surface area contributed by atoms with E-state index in [0.29, 0.717) is 0 Å². The van der Waals surface area contributed by atoms with E-state index in [1.807, 2.05) is 18.2 Å². The van der Waals surface area contributed by atoms with Gasteiger partial charge in [-0.1, -0.05) is 6.07 Å². The van der Waals surface area contributed by atoms with Gasteiger partial charge in [0.05, 0.1) is 0 Å². The Hall–Kier alpha value is -1.51. The van der Waals surface area contributed by atoms with Crippen LogP contribution in [0.15, 0.2) is 18.2 Å². The molecular weight excluding hydrogens is 272 g/mol. The van der Waals surface area contributed by atoms with Crippen molar-refractivity contribution in [2.24, 2.45) is 17.8 Å². The molecule has 0 radical (unpaired) electrons. The average molecular weight is 296 g/mol. The van der Waals surface area contributed by atoms with Gasteiger partial charge in [-0.15, -0.1) is 0 Å². The van der Waals surface area contributed by atoms with E-state index >= 15 is 0 Å². The first-order valence-corrected chi connectivity index (χ1v) is 8.84. The summed E-state index contributed by atoms with van der Waals surface area (Å²) in [5.74, 6) is 2.88. The largest absolute Gasteiger partial charge is 0.398 e. The topological polar surface area (TPSA) is 46.3 Å². The predicted octanol–water partition coefficient (Wildman–Crippen LogP) is 3.58. The number of nitrogen functional groups attached to an aromatic ring is 1. The number of nitrogens with two attached hydrogens (primary N) is 1. The standard InChI is InChI=1S/C19H24N2O/c20-17-3-1-2-15-16(17)11-21(18(15)22)19-5-4-12-6-13(9-19)8-14(7-12)10-19/h1-3,12-14H,4-11,20H2. The number of hydrogen-bond acceptors (Lipinski definition) is 2. The summed E-state index contributed by atoms with van der Waals surface area (Å²) in [6, 6.07) is 5.81. The zero-order chi connectivity index (χ0) is 14.9. The molecule has 4 fully saturated rings. The third kappa shape index (κ3) is 1.65. The molecule has 1 aromatic carbocycles. The average Bonchev–Trinajstić information content (AvgIpc) is 2.71. The van der Waals surface area contributed by atoms with E-state index in [1.165, 1.54) is 44.9 Å². The van der Waals surface area contributed by atoms with Crippen LogP contribution in [0.25, 0.3) is 0 Å². The van der Waals surface area contributed by atoms with Crippen LogP contribution in [-0.4, -0.2) is 16.3 Å². The van der Waals surface area contributed by atoms with Gasteiger partial charge in [-0.3, -0.25) is 4.79 Å². The van der Waals surface area contributed by atoms with Gasteiger partial charge in [0.1, 0.15) is 0 Å². The maximum absolute atomic E-state index is 13.0. The van der Waals surface area contributed by atoms with Crippen molar-refractivity contribution in [3.05, 3.63) is 29.3 Å². The molecule has 2 unspecified atom stereocenters. The van der Waals surface area contributed by atoms with E-state index in [9.17, 15) is 4.79 Å². The van der Waals surface area contributed by atoms with Crippen LogP contribution in [-0.2, 0) is 6.54 Å². The quantitative estimate of drug-likeness (QED) is 0.805. The summed E-state index contributed by atoms with van der Waals surface area (Å²) in [6.45, 7) is 0.741. The van der Waals surface area contributed by atoms with Crippen molar-refractivity contribution in [2.45, 2.75) is 57.0 Å². The minimum atomic E-state index is 0.126. The number of amides is 1. The number of nitrogens with zero attached hydrogens (tertiary/aromatic N) is 1. The fourth-order valence-electron chi connectivity index (χ4n) is 6.20. The van der Waals surface area contributed by atoms with Gasteiger partial charge in [0.25, 0.3) is 5.91 Å². The fourth-order valence-corrected chi connectivity index (χ4v) is 6.20. The van der Waals surface area contributed by atoms with Crippen LogP contribution in [0.1, 0.15) is 60.9 Å². The maximum Gasteiger partial charge on any atom is 0.255 e. The molecule has 1 aromatic rings. The van der Waals surface area contributed by atoms with Gasteiger partial charge in [-0.25, -0.2) is 0 Å². The highest BCUT2D eigenvalue weighted by atomic mass is 16.2. The Balaban J connectivity index is 1.55. The number of carbonyl (C=O) groups excluding carboxylic acids is 1. The second-order valence-electron chi connectivity index (χ2n) is 8.24.